The summed E-state index contributed by atoms with van der Waals surface area (Å²) >= 11 is 0. The summed E-state index contributed by atoms with van der Waals surface area (Å²) < 4.78 is 0. The number of anilines is 2. The molecule has 0 aliphatic heterocycles. The number of amides is 1. The van der Waals surface area contributed by atoms with E-state index in [1.54, 1.807) is 13.0 Å². The van der Waals surface area contributed by atoms with Crippen LogP contribution in [-0.4, -0.2) is 22.4 Å². The van der Waals surface area contributed by atoms with Crippen molar-refractivity contribution in [3.63, 3.8) is 0 Å². The number of carbonyl (C=O) groups excluding carboxylic acids is 1. The quantitative estimate of drug-likeness (QED) is 0.667. The van der Waals surface area contributed by atoms with E-state index in [0.29, 0.717) is 23.9 Å². The molecule has 0 atom stereocenters. The standard InChI is InChI=1S/C22H24N4O/c1-3-18-11-7-8-12-19(18)26-21-15-20(24-16(2)25-21)22(27)23-14-13-17-9-5-4-6-10-17/h4-12,15H,3,13-14H2,1-2H3,(H,23,27)(H,24,25,26). The zero-order chi connectivity index (χ0) is 19.1. The molecule has 2 N–H and O–H groups in total. The second-order valence-electron chi connectivity index (χ2n) is 6.31. The van der Waals surface area contributed by atoms with Gasteiger partial charge in [-0.3, -0.25) is 4.79 Å². The lowest BCUT2D eigenvalue weighted by molar-refractivity contribution is 0.0949. The number of aryl methyl sites for hydroxylation is 2. The van der Waals surface area contributed by atoms with Crippen molar-refractivity contribution in [1.29, 1.82) is 0 Å². The highest BCUT2D eigenvalue weighted by Crippen LogP contribution is 2.20. The Kier molecular flexibility index (Phi) is 6.15. The monoisotopic (exact) mass is 360 g/mol. The van der Waals surface area contributed by atoms with Gasteiger partial charge >= 0.3 is 0 Å². The molecular formula is C22H24N4O. The number of nitrogens with zero attached hydrogens (tertiary/aromatic N) is 2. The fraction of sp³-hybridized carbons (Fsp3) is 0.227. The second-order valence-corrected chi connectivity index (χ2v) is 6.31. The van der Waals surface area contributed by atoms with Crippen molar-refractivity contribution < 1.29 is 4.79 Å². The molecule has 0 radical (unpaired) electrons. The number of hydrogen-bond acceptors (Lipinski definition) is 4. The van der Waals surface area contributed by atoms with E-state index in [0.717, 1.165) is 18.5 Å². The van der Waals surface area contributed by atoms with Crippen LogP contribution >= 0.6 is 0 Å². The van der Waals surface area contributed by atoms with E-state index in [9.17, 15) is 4.79 Å². The van der Waals surface area contributed by atoms with E-state index in [-0.39, 0.29) is 5.91 Å². The van der Waals surface area contributed by atoms with E-state index in [4.69, 9.17) is 0 Å². The van der Waals surface area contributed by atoms with Crippen molar-refractivity contribution in [2.45, 2.75) is 26.7 Å². The molecule has 5 heteroatoms. The summed E-state index contributed by atoms with van der Waals surface area (Å²) in [6.07, 6.45) is 1.70. The molecule has 3 aromatic rings. The van der Waals surface area contributed by atoms with E-state index in [1.807, 2.05) is 48.5 Å². The first-order valence-corrected chi connectivity index (χ1v) is 9.18. The van der Waals surface area contributed by atoms with Crippen LogP contribution < -0.4 is 10.6 Å². The van der Waals surface area contributed by atoms with Crippen LogP contribution in [-0.2, 0) is 12.8 Å². The Morgan fingerprint density at radius 3 is 2.52 bits per heavy atom. The normalized spacial score (nSPS) is 10.4. The summed E-state index contributed by atoms with van der Waals surface area (Å²) in [7, 11) is 0. The van der Waals surface area contributed by atoms with Gasteiger partial charge in [-0.2, -0.15) is 0 Å². The van der Waals surface area contributed by atoms with Gasteiger partial charge in [-0.15, -0.1) is 0 Å². The van der Waals surface area contributed by atoms with Crippen molar-refractivity contribution in [3.8, 4) is 0 Å². The lowest BCUT2D eigenvalue weighted by Crippen LogP contribution is -2.27. The van der Waals surface area contributed by atoms with Crippen LogP contribution in [0.15, 0.2) is 60.7 Å². The number of carbonyl (C=O) groups is 1. The van der Waals surface area contributed by atoms with Gasteiger partial charge in [0.05, 0.1) is 0 Å². The molecule has 3 rings (SSSR count). The molecule has 0 saturated heterocycles. The first-order valence-electron chi connectivity index (χ1n) is 9.18. The third-order valence-electron chi connectivity index (χ3n) is 4.27. The van der Waals surface area contributed by atoms with E-state index >= 15 is 0 Å². The summed E-state index contributed by atoms with van der Waals surface area (Å²) in [5.41, 5.74) is 3.75. The van der Waals surface area contributed by atoms with Gasteiger partial charge in [0.1, 0.15) is 17.3 Å². The third-order valence-corrected chi connectivity index (χ3v) is 4.27. The van der Waals surface area contributed by atoms with Crippen molar-refractivity contribution in [2.75, 3.05) is 11.9 Å². The highest BCUT2D eigenvalue weighted by atomic mass is 16.1. The van der Waals surface area contributed by atoms with Gasteiger partial charge in [-0.1, -0.05) is 55.5 Å². The predicted octanol–water partition coefficient (Wildman–Crippen LogP) is 4.06. The predicted molar refractivity (Wildman–Crippen MR) is 108 cm³/mol. The van der Waals surface area contributed by atoms with Crippen molar-refractivity contribution in [2.24, 2.45) is 0 Å². The van der Waals surface area contributed by atoms with Gasteiger partial charge in [0.2, 0.25) is 0 Å². The Labute approximate surface area is 159 Å². The lowest BCUT2D eigenvalue weighted by Gasteiger charge is -2.12. The zero-order valence-corrected chi connectivity index (χ0v) is 15.7. The van der Waals surface area contributed by atoms with Crippen molar-refractivity contribution in [1.82, 2.24) is 15.3 Å². The number of hydrogen-bond donors (Lipinski definition) is 2. The van der Waals surface area contributed by atoms with Gasteiger partial charge in [-0.05, 0) is 37.0 Å². The molecule has 0 bridgehead atoms. The molecule has 0 aliphatic carbocycles. The molecular weight excluding hydrogens is 336 g/mol. The van der Waals surface area contributed by atoms with Crippen LogP contribution in [0.4, 0.5) is 11.5 Å². The fourth-order valence-corrected chi connectivity index (χ4v) is 2.89. The number of benzene rings is 2. The summed E-state index contributed by atoms with van der Waals surface area (Å²) in [6.45, 7) is 4.46. The summed E-state index contributed by atoms with van der Waals surface area (Å²) in [4.78, 5) is 21.2. The third kappa shape index (κ3) is 5.14. The molecule has 5 nitrogen and oxygen atoms in total. The van der Waals surface area contributed by atoms with E-state index in [2.05, 4.69) is 33.6 Å². The molecule has 0 saturated carbocycles. The van der Waals surface area contributed by atoms with E-state index < -0.39 is 0 Å². The SMILES string of the molecule is CCc1ccccc1Nc1cc(C(=O)NCCc2ccccc2)nc(C)n1. The molecule has 1 heterocycles. The molecule has 1 aromatic heterocycles. The largest absolute Gasteiger partial charge is 0.350 e. The van der Waals surface area contributed by atoms with Gasteiger partial charge < -0.3 is 10.6 Å². The first-order chi connectivity index (χ1) is 13.2. The van der Waals surface area contributed by atoms with Crippen molar-refractivity contribution >= 4 is 17.4 Å². The molecule has 138 valence electrons. The van der Waals surface area contributed by atoms with Gasteiger partial charge in [0.15, 0.2) is 0 Å². The zero-order valence-electron chi connectivity index (χ0n) is 15.7. The Hall–Kier alpha value is -3.21. The molecule has 2 aromatic carbocycles. The van der Waals surface area contributed by atoms with Crippen LogP contribution in [0.5, 0.6) is 0 Å². The Morgan fingerprint density at radius 1 is 1.00 bits per heavy atom. The number of rotatable bonds is 7. The summed E-state index contributed by atoms with van der Waals surface area (Å²) in [6, 6.07) is 19.8. The second kappa shape index (κ2) is 8.94. The average molecular weight is 360 g/mol. The maximum atomic E-state index is 12.5. The molecule has 27 heavy (non-hydrogen) atoms. The van der Waals surface area contributed by atoms with Gasteiger partial charge in [0, 0.05) is 18.3 Å². The van der Waals surface area contributed by atoms with E-state index in [1.165, 1.54) is 11.1 Å². The molecule has 1 amide bonds. The molecule has 0 unspecified atom stereocenters. The smallest absolute Gasteiger partial charge is 0.270 e. The summed E-state index contributed by atoms with van der Waals surface area (Å²) in [5, 5.41) is 6.24. The maximum absolute atomic E-state index is 12.5. The Balaban J connectivity index is 1.68. The van der Waals surface area contributed by atoms with Crippen LogP contribution in [0.1, 0.15) is 34.4 Å². The van der Waals surface area contributed by atoms with Gasteiger partial charge in [0.25, 0.3) is 5.91 Å². The first kappa shape index (κ1) is 18.6. The topological polar surface area (TPSA) is 66.9 Å². The van der Waals surface area contributed by atoms with Crippen LogP contribution in [0.25, 0.3) is 0 Å². The number of para-hydroxylation sites is 1. The minimum atomic E-state index is -0.191. The lowest BCUT2D eigenvalue weighted by atomic mass is 10.1. The highest BCUT2D eigenvalue weighted by Gasteiger charge is 2.11. The average Bonchev–Trinajstić information content (AvgIpc) is 2.68. The van der Waals surface area contributed by atoms with Crippen LogP contribution in [0.2, 0.25) is 0 Å². The summed E-state index contributed by atoms with van der Waals surface area (Å²) in [5.74, 6) is 0.988. The fourth-order valence-electron chi connectivity index (χ4n) is 2.89. The molecule has 0 fully saturated rings. The Bertz CT molecular complexity index is 909. The van der Waals surface area contributed by atoms with Crippen LogP contribution in [0.3, 0.4) is 0 Å². The molecule has 0 spiro atoms. The molecule has 0 aliphatic rings. The van der Waals surface area contributed by atoms with Crippen LogP contribution in [0, 0.1) is 6.92 Å². The number of nitrogens with one attached hydrogen (secondary N) is 2. The number of aromatic nitrogens is 2. The minimum absolute atomic E-state index is 0.191. The highest BCUT2D eigenvalue weighted by molar-refractivity contribution is 5.93. The minimum Gasteiger partial charge on any atom is -0.350 e. The Morgan fingerprint density at radius 2 is 1.74 bits per heavy atom. The maximum Gasteiger partial charge on any atom is 0.270 e. The van der Waals surface area contributed by atoms with Crippen molar-refractivity contribution in [3.05, 3.63) is 83.3 Å². The van der Waals surface area contributed by atoms with Gasteiger partial charge in [-0.25, -0.2) is 9.97 Å².